The van der Waals surface area contributed by atoms with Crippen LogP contribution in [0.3, 0.4) is 0 Å². The van der Waals surface area contributed by atoms with E-state index in [1.807, 2.05) is 0 Å². The van der Waals surface area contributed by atoms with Crippen molar-refractivity contribution in [2.45, 2.75) is 0 Å². The Morgan fingerprint density at radius 2 is 2.25 bits per heavy atom. The Balaban J connectivity index is 2.72. The molecule has 0 spiro atoms. The Hall–Kier alpha value is -1.20. The Bertz CT molecular complexity index is 535. The van der Waals surface area contributed by atoms with E-state index in [1.165, 1.54) is 18.2 Å². The molecule has 82 valence electrons. The van der Waals surface area contributed by atoms with Gasteiger partial charge in [-0.25, -0.2) is 4.39 Å². The third-order valence-electron chi connectivity index (χ3n) is 2.00. The summed E-state index contributed by atoms with van der Waals surface area (Å²) in [5.41, 5.74) is 0.276. The van der Waals surface area contributed by atoms with Gasteiger partial charge in [0.2, 0.25) is 4.67 Å². The first-order valence-corrected chi connectivity index (χ1v) is 5.37. The fourth-order valence-corrected chi connectivity index (χ4v) is 1.89. The summed E-state index contributed by atoms with van der Waals surface area (Å²) in [6, 6.07) is 4.21. The SMILES string of the molecule is O=Cc1c(-c2c(F)cccc2Cl)noc1Br. The number of benzene rings is 1. The van der Waals surface area contributed by atoms with E-state index in [2.05, 4.69) is 21.1 Å². The molecule has 0 radical (unpaired) electrons. The zero-order valence-corrected chi connectivity index (χ0v) is 10.0. The summed E-state index contributed by atoms with van der Waals surface area (Å²) in [4.78, 5) is 10.8. The average molecular weight is 305 g/mol. The van der Waals surface area contributed by atoms with Crippen molar-refractivity contribution in [2.75, 3.05) is 0 Å². The number of carbonyl (C=O) groups excluding carboxylic acids is 1. The number of carbonyl (C=O) groups is 1. The maximum Gasteiger partial charge on any atom is 0.213 e. The third-order valence-corrected chi connectivity index (χ3v) is 2.89. The van der Waals surface area contributed by atoms with Crippen molar-refractivity contribution in [3.05, 3.63) is 39.3 Å². The lowest BCUT2D eigenvalue weighted by molar-refractivity contribution is 0.112. The zero-order valence-electron chi connectivity index (χ0n) is 7.71. The molecule has 0 amide bonds. The molecule has 0 aliphatic heterocycles. The van der Waals surface area contributed by atoms with E-state index >= 15 is 0 Å². The molecule has 2 rings (SSSR count). The highest BCUT2D eigenvalue weighted by Gasteiger charge is 2.20. The van der Waals surface area contributed by atoms with Gasteiger partial charge in [0.05, 0.1) is 16.1 Å². The van der Waals surface area contributed by atoms with Crippen LogP contribution < -0.4 is 0 Å². The van der Waals surface area contributed by atoms with E-state index in [1.54, 1.807) is 0 Å². The molecule has 0 aliphatic carbocycles. The summed E-state index contributed by atoms with van der Waals surface area (Å²) >= 11 is 8.85. The fourth-order valence-electron chi connectivity index (χ4n) is 1.28. The highest BCUT2D eigenvalue weighted by Crippen LogP contribution is 2.34. The summed E-state index contributed by atoms with van der Waals surface area (Å²) in [6.45, 7) is 0. The first-order chi connectivity index (χ1) is 7.65. The van der Waals surface area contributed by atoms with Crippen LogP contribution in [0.25, 0.3) is 11.3 Å². The van der Waals surface area contributed by atoms with Crippen LogP contribution in [0.15, 0.2) is 27.4 Å². The lowest BCUT2D eigenvalue weighted by atomic mass is 10.1. The predicted molar refractivity (Wildman–Crippen MR) is 60.0 cm³/mol. The number of nitrogens with zero attached hydrogens (tertiary/aromatic N) is 1. The van der Waals surface area contributed by atoms with Crippen molar-refractivity contribution in [1.29, 1.82) is 0 Å². The van der Waals surface area contributed by atoms with Gasteiger partial charge in [0.1, 0.15) is 11.5 Å². The molecule has 1 heterocycles. The van der Waals surface area contributed by atoms with Gasteiger partial charge in [-0.15, -0.1) is 0 Å². The molecule has 6 heteroatoms. The van der Waals surface area contributed by atoms with Crippen molar-refractivity contribution >= 4 is 33.8 Å². The van der Waals surface area contributed by atoms with Crippen LogP contribution in [-0.4, -0.2) is 11.4 Å². The maximum atomic E-state index is 13.6. The maximum absolute atomic E-state index is 13.6. The highest BCUT2D eigenvalue weighted by atomic mass is 79.9. The molecular formula is C10H4BrClFNO2. The summed E-state index contributed by atoms with van der Waals surface area (Å²) in [6.07, 6.45) is 0.526. The summed E-state index contributed by atoms with van der Waals surface area (Å²) < 4.78 is 18.5. The van der Waals surface area contributed by atoms with Crippen molar-refractivity contribution in [2.24, 2.45) is 0 Å². The van der Waals surface area contributed by atoms with Crippen LogP contribution in [0.1, 0.15) is 10.4 Å². The second-order valence-electron chi connectivity index (χ2n) is 2.93. The molecule has 0 N–H and O–H groups in total. The van der Waals surface area contributed by atoms with Gasteiger partial charge in [-0.3, -0.25) is 4.79 Å². The number of halogens is 3. The molecule has 3 nitrogen and oxygen atoms in total. The average Bonchev–Trinajstić information content (AvgIpc) is 2.59. The first-order valence-electron chi connectivity index (χ1n) is 4.20. The van der Waals surface area contributed by atoms with E-state index < -0.39 is 5.82 Å². The lowest BCUT2D eigenvalue weighted by Crippen LogP contribution is -1.90. The fraction of sp³-hybridized carbons (Fsp3) is 0. The van der Waals surface area contributed by atoms with Crippen LogP contribution in [-0.2, 0) is 0 Å². The molecule has 2 aromatic rings. The van der Waals surface area contributed by atoms with Gasteiger partial charge in [0.25, 0.3) is 0 Å². The van der Waals surface area contributed by atoms with Crippen molar-refractivity contribution < 1.29 is 13.7 Å². The molecule has 1 aromatic carbocycles. The summed E-state index contributed by atoms with van der Waals surface area (Å²) in [7, 11) is 0. The lowest BCUT2D eigenvalue weighted by Gasteiger charge is -2.01. The van der Waals surface area contributed by atoms with Gasteiger partial charge in [-0.1, -0.05) is 22.8 Å². The molecule has 0 bridgehead atoms. The van der Waals surface area contributed by atoms with Gasteiger partial charge in [-0.2, -0.15) is 0 Å². The minimum Gasteiger partial charge on any atom is -0.348 e. The molecule has 0 unspecified atom stereocenters. The van der Waals surface area contributed by atoms with Crippen LogP contribution in [0, 0.1) is 5.82 Å². The quantitative estimate of drug-likeness (QED) is 0.794. The Morgan fingerprint density at radius 1 is 1.50 bits per heavy atom. The Morgan fingerprint density at radius 3 is 2.88 bits per heavy atom. The Kier molecular flexibility index (Phi) is 3.07. The van der Waals surface area contributed by atoms with E-state index in [-0.39, 0.29) is 26.5 Å². The minimum atomic E-state index is -0.559. The van der Waals surface area contributed by atoms with E-state index in [9.17, 15) is 9.18 Å². The second kappa shape index (κ2) is 4.35. The van der Waals surface area contributed by atoms with Crippen LogP contribution >= 0.6 is 27.5 Å². The predicted octanol–water partition coefficient (Wildman–Crippen LogP) is 3.71. The normalized spacial score (nSPS) is 10.4. The van der Waals surface area contributed by atoms with Gasteiger partial charge < -0.3 is 4.52 Å². The summed E-state index contributed by atoms with van der Waals surface area (Å²) in [5.74, 6) is -0.559. The second-order valence-corrected chi connectivity index (χ2v) is 4.06. The van der Waals surface area contributed by atoms with Crippen LogP contribution in [0.2, 0.25) is 5.02 Å². The number of aldehydes is 1. The molecule has 1 aromatic heterocycles. The number of aromatic nitrogens is 1. The van der Waals surface area contributed by atoms with Crippen LogP contribution in [0.4, 0.5) is 4.39 Å². The van der Waals surface area contributed by atoms with Gasteiger partial charge in [0, 0.05) is 0 Å². The van der Waals surface area contributed by atoms with Crippen molar-refractivity contribution in [3.63, 3.8) is 0 Å². The van der Waals surface area contributed by atoms with Crippen molar-refractivity contribution in [3.8, 4) is 11.3 Å². The zero-order chi connectivity index (χ0) is 11.7. The van der Waals surface area contributed by atoms with E-state index in [0.29, 0.717) is 6.29 Å². The Labute approximate surface area is 103 Å². The molecule has 0 fully saturated rings. The molecule has 0 saturated carbocycles. The molecule has 0 saturated heterocycles. The van der Waals surface area contributed by atoms with Crippen molar-refractivity contribution in [1.82, 2.24) is 5.16 Å². The minimum absolute atomic E-state index is 0.0562. The monoisotopic (exact) mass is 303 g/mol. The van der Waals surface area contributed by atoms with E-state index in [0.717, 1.165) is 0 Å². The first kappa shape index (κ1) is 11.3. The molecule has 0 aliphatic rings. The van der Waals surface area contributed by atoms with E-state index in [4.69, 9.17) is 16.1 Å². The van der Waals surface area contributed by atoms with Crippen LogP contribution in [0.5, 0.6) is 0 Å². The highest BCUT2D eigenvalue weighted by molar-refractivity contribution is 9.10. The molecule has 16 heavy (non-hydrogen) atoms. The largest absolute Gasteiger partial charge is 0.348 e. The van der Waals surface area contributed by atoms with Gasteiger partial charge in [-0.05, 0) is 28.1 Å². The molecule has 0 atom stereocenters. The molecular weight excluding hydrogens is 300 g/mol. The number of hydrogen-bond acceptors (Lipinski definition) is 3. The summed E-state index contributed by atoms with van der Waals surface area (Å²) in [5, 5.41) is 3.77. The standard InChI is InChI=1S/C10H4BrClFNO2/c11-10-5(4-15)9(14-16-10)8-6(12)2-1-3-7(8)13/h1-4H. The third kappa shape index (κ3) is 1.76. The van der Waals surface area contributed by atoms with Gasteiger partial charge >= 0.3 is 0 Å². The number of hydrogen-bond donors (Lipinski definition) is 0. The van der Waals surface area contributed by atoms with Gasteiger partial charge in [0.15, 0.2) is 6.29 Å². The topological polar surface area (TPSA) is 43.1 Å². The number of rotatable bonds is 2. The smallest absolute Gasteiger partial charge is 0.213 e.